The molecule has 1 N–H and O–H groups in total. The lowest BCUT2D eigenvalue weighted by Gasteiger charge is -1.86. The van der Waals surface area contributed by atoms with Crippen LogP contribution < -0.4 is 0 Å². The van der Waals surface area contributed by atoms with Crippen LogP contribution in [-0.4, -0.2) is 17.5 Å². The predicted octanol–water partition coefficient (Wildman–Crippen LogP) is 1.76. The minimum absolute atomic E-state index is 0.250. The molecule has 10 heavy (non-hydrogen) atoms. The Bertz CT molecular complexity index is 69.7. The number of carbonyl (C=O) groups is 1. The molecule has 0 aliphatic rings. The van der Waals surface area contributed by atoms with E-state index in [1.807, 2.05) is 0 Å². The van der Waals surface area contributed by atoms with E-state index < -0.39 is 0 Å². The molecule has 0 aliphatic heterocycles. The van der Waals surface area contributed by atoms with E-state index in [-0.39, 0.29) is 6.61 Å². The van der Waals surface area contributed by atoms with Crippen molar-refractivity contribution in [3.63, 3.8) is 0 Å². The molecule has 0 atom stereocenters. The highest BCUT2D eigenvalue weighted by Gasteiger charge is 1.87. The molecule has 0 aromatic rings. The second-order valence-electron chi connectivity index (χ2n) is 2.12. The Morgan fingerprint density at radius 3 is 1.90 bits per heavy atom. The van der Waals surface area contributed by atoms with Crippen LogP contribution in [0.2, 0.25) is 0 Å². The van der Waals surface area contributed by atoms with Gasteiger partial charge in [0.2, 0.25) is 0 Å². The van der Waals surface area contributed by atoms with Crippen LogP contribution >= 0.6 is 0 Å². The van der Waals surface area contributed by atoms with Gasteiger partial charge in [0.15, 0.2) is 0 Å². The highest BCUT2D eigenvalue weighted by molar-refractivity contribution is 5.75. The molecule has 0 fully saturated rings. The maximum absolute atomic E-state index is 10.2. The summed E-state index contributed by atoms with van der Waals surface area (Å²) in [5, 5.41) is 7.57. The lowest BCUT2D eigenvalue weighted by molar-refractivity contribution is -0.117. The monoisotopic (exact) mass is 146 g/mol. The molecule has 2 heteroatoms. The third kappa shape index (κ3) is 25.5. The number of Topliss-reactive ketones (excluding diaryl/α,β-unsaturated/α-hetero) is 1. The molecular formula is C8H18O2. The van der Waals surface area contributed by atoms with E-state index >= 15 is 0 Å². The SMILES string of the molecule is CCCCC(C)=O.CCO. The molecule has 0 unspecified atom stereocenters. The summed E-state index contributed by atoms with van der Waals surface area (Å²) >= 11 is 0. The van der Waals surface area contributed by atoms with Gasteiger partial charge in [-0.25, -0.2) is 0 Å². The molecular weight excluding hydrogens is 128 g/mol. The van der Waals surface area contributed by atoms with Gasteiger partial charge < -0.3 is 9.90 Å². The summed E-state index contributed by atoms with van der Waals surface area (Å²) in [4.78, 5) is 10.2. The van der Waals surface area contributed by atoms with Gasteiger partial charge in [0.25, 0.3) is 0 Å². The minimum Gasteiger partial charge on any atom is -0.397 e. The number of rotatable bonds is 3. The van der Waals surface area contributed by atoms with E-state index in [9.17, 15) is 4.79 Å². The predicted molar refractivity (Wildman–Crippen MR) is 43.0 cm³/mol. The van der Waals surface area contributed by atoms with Crippen molar-refractivity contribution < 1.29 is 9.90 Å². The highest BCUT2D eigenvalue weighted by Crippen LogP contribution is 1.92. The Morgan fingerprint density at radius 1 is 1.40 bits per heavy atom. The molecule has 2 nitrogen and oxygen atoms in total. The zero-order chi connectivity index (χ0) is 8.41. The number of ketones is 1. The topological polar surface area (TPSA) is 37.3 Å². The van der Waals surface area contributed by atoms with E-state index in [4.69, 9.17) is 5.11 Å². The first kappa shape index (κ1) is 12.3. The summed E-state index contributed by atoms with van der Waals surface area (Å²) in [6, 6.07) is 0. The van der Waals surface area contributed by atoms with Gasteiger partial charge in [-0.05, 0) is 20.3 Å². The van der Waals surface area contributed by atoms with Crippen LogP contribution in [0.1, 0.15) is 40.0 Å². The van der Waals surface area contributed by atoms with Crippen molar-refractivity contribution in [2.24, 2.45) is 0 Å². The summed E-state index contributed by atoms with van der Waals surface area (Å²) < 4.78 is 0. The Morgan fingerprint density at radius 2 is 1.80 bits per heavy atom. The zero-order valence-electron chi connectivity index (χ0n) is 7.18. The number of unbranched alkanes of at least 4 members (excludes halogenated alkanes) is 1. The van der Waals surface area contributed by atoms with Crippen LogP contribution in [0.15, 0.2) is 0 Å². The van der Waals surface area contributed by atoms with Crippen molar-refractivity contribution in [1.82, 2.24) is 0 Å². The first-order valence-corrected chi connectivity index (χ1v) is 3.79. The number of hydrogen-bond acceptors (Lipinski definition) is 2. The van der Waals surface area contributed by atoms with E-state index in [1.54, 1.807) is 13.8 Å². The standard InChI is InChI=1S/C6H12O.C2H6O/c1-3-4-5-6(2)7;1-2-3/h3-5H2,1-2H3;3H,2H2,1H3. The molecule has 0 aliphatic carbocycles. The Hall–Kier alpha value is -0.370. The molecule has 62 valence electrons. The molecule has 0 bridgehead atoms. The van der Waals surface area contributed by atoms with Gasteiger partial charge >= 0.3 is 0 Å². The summed E-state index contributed by atoms with van der Waals surface area (Å²) in [5.41, 5.74) is 0. The van der Waals surface area contributed by atoms with Crippen LogP contribution in [0.5, 0.6) is 0 Å². The van der Waals surface area contributed by atoms with E-state index in [2.05, 4.69) is 6.92 Å². The van der Waals surface area contributed by atoms with Gasteiger partial charge in [0.05, 0.1) is 0 Å². The van der Waals surface area contributed by atoms with Crippen molar-refractivity contribution in [3.05, 3.63) is 0 Å². The number of hydrogen-bond donors (Lipinski definition) is 1. The Labute approximate surface area is 63.3 Å². The third-order valence-electron chi connectivity index (χ3n) is 0.882. The Kier molecular flexibility index (Phi) is 14.1. The quantitative estimate of drug-likeness (QED) is 0.658. The number of carbonyl (C=O) groups excluding carboxylic acids is 1. The third-order valence-corrected chi connectivity index (χ3v) is 0.882. The average Bonchev–Trinajstić information content (AvgIpc) is 1.85. The molecule has 0 radical (unpaired) electrons. The van der Waals surface area contributed by atoms with Crippen molar-refractivity contribution in [2.45, 2.75) is 40.0 Å². The largest absolute Gasteiger partial charge is 0.397 e. The lowest BCUT2D eigenvalue weighted by atomic mass is 10.2. The highest BCUT2D eigenvalue weighted by atomic mass is 16.2. The van der Waals surface area contributed by atoms with Gasteiger partial charge in [-0.2, -0.15) is 0 Å². The van der Waals surface area contributed by atoms with E-state index in [0.717, 1.165) is 19.3 Å². The molecule has 0 saturated heterocycles. The summed E-state index contributed by atoms with van der Waals surface area (Å²) in [6.07, 6.45) is 2.94. The average molecular weight is 146 g/mol. The van der Waals surface area contributed by atoms with Crippen molar-refractivity contribution in [2.75, 3.05) is 6.61 Å². The first-order chi connectivity index (χ1) is 4.68. The fraction of sp³-hybridized carbons (Fsp3) is 0.875. The smallest absolute Gasteiger partial charge is 0.129 e. The summed E-state index contributed by atoms with van der Waals surface area (Å²) in [6.45, 7) is 5.65. The molecule has 0 aromatic heterocycles. The van der Waals surface area contributed by atoms with E-state index in [0.29, 0.717) is 5.78 Å². The molecule has 0 saturated carbocycles. The van der Waals surface area contributed by atoms with Gasteiger partial charge in [-0.15, -0.1) is 0 Å². The first-order valence-electron chi connectivity index (χ1n) is 3.79. The fourth-order valence-electron chi connectivity index (χ4n) is 0.426. The minimum atomic E-state index is 0.250. The van der Waals surface area contributed by atoms with Gasteiger partial charge in [-0.3, -0.25) is 0 Å². The van der Waals surface area contributed by atoms with Gasteiger partial charge in [0, 0.05) is 13.0 Å². The second kappa shape index (κ2) is 11.4. The van der Waals surface area contributed by atoms with Crippen LogP contribution in [0.25, 0.3) is 0 Å². The zero-order valence-corrected chi connectivity index (χ0v) is 7.18. The molecule has 0 amide bonds. The fourth-order valence-corrected chi connectivity index (χ4v) is 0.426. The van der Waals surface area contributed by atoms with Crippen molar-refractivity contribution in [3.8, 4) is 0 Å². The molecule has 0 aromatic carbocycles. The van der Waals surface area contributed by atoms with Crippen molar-refractivity contribution >= 4 is 5.78 Å². The summed E-state index contributed by atoms with van der Waals surface area (Å²) in [7, 11) is 0. The Balaban J connectivity index is 0. The normalized spacial score (nSPS) is 8.00. The number of aliphatic hydroxyl groups is 1. The van der Waals surface area contributed by atoms with E-state index in [1.165, 1.54) is 0 Å². The van der Waals surface area contributed by atoms with Crippen molar-refractivity contribution in [1.29, 1.82) is 0 Å². The van der Waals surface area contributed by atoms with Crippen LogP contribution in [0.4, 0.5) is 0 Å². The van der Waals surface area contributed by atoms with Crippen LogP contribution in [0, 0.1) is 0 Å². The maximum Gasteiger partial charge on any atom is 0.129 e. The maximum atomic E-state index is 10.2. The molecule has 0 heterocycles. The van der Waals surface area contributed by atoms with Crippen LogP contribution in [0.3, 0.4) is 0 Å². The molecule has 0 spiro atoms. The number of aliphatic hydroxyl groups excluding tert-OH is 1. The van der Waals surface area contributed by atoms with Crippen LogP contribution in [-0.2, 0) is 4.79 Å². The lowest BCUT2D eigenvalue weighted by Crippen LogP contribution is -1.86. The molecule has 0 rings (SSSR count). The summed E-state index contributed by atoms with van der Waals surface area (Å²) in [5.74, 6) is 0.307. The van der Waals surface area contributed by atoms with Gasteiger partial charge in [-0.1, -0.05) is 13.3 Å². The van der Waals surface area contributed by atoms with Gasteiger partial charge in [0.1, 0.15) is 5.78 Å². The second-order valence-corrected chi connectivity index (χ2v) is 2.12.